The van der Waals surface area contributed by atoms with Crippen molar-refractivity contribution < 1.29 is 4.79 Å². The second-order valence-electron chi connectivity index (χ2n) is 4.90. The van der Waals surface area contributed by atoms with Gasteiger partial charge < -0.3 is 10.2 Å². The minimum Gasteiger partial charge on any atom is -0.337 e. The minimum atomic E-state index is 0.0874. The van der Waals surface area contributed by atoms with Crippen molar-refractivity contribution in [2.45, 2.75) is 45.2 Å². The topological polar surface area (TPSA) is 32.3 Å². The van der Waals surface area contributed by atoms with Crippen molar-refractivity contribution >= 4 is 5.91 Å². The van der Waals surface area contributed by atoms with Crippen LogP contribution in [-0.2, 0) is 4.79 Å². The monoisotopic (exact) mass is 196 g/mol. The normalized spacial score (nSPS) is 28.6. The fourth-order valence-electron chi connectivity index (χ4n) is 2.16. The Labute approximate surface area is 85.8 Å². The highest BCUT2D eigenvalue weighted by molar-refractivity contribution is 5.83. The van der Waals surface area contributed by atoms with E-state index in [0.717, 1.165) is 19.5 Å². The van der Waals surface area contributed by atoms with Crippen molar-refractivity contribution in [1.82, 2.24) is 10.2 Å². The SMILES string of the molecule is CC(C)CC1NCCN(C2CC2)C1=O. The van der Waals surface area contributed by atoms with Crippen LogP contribution in [0.15, 0.2) is 0 Å². The van der Waals surface area contributed by atoms with Crippen molar-refractivity contribution in [2.24, 2.45) is 5.92 Å². The molecule has 1 saturated carbocycles. The molecule has 0 bridgehead atoms. The first-order chi connectivity index (χ1) is 6.68. The van der Waals surface area contributed by atoms with E-state index in [2.05, 4.69) is 24.1 Å². The summed E-state index contributed by atoms with van der Waals surface area (Å²) in [5.74, 6) is 0.933. The van der Waals surface area contributed by atoms with Crippen molar-refractivity contribution in [3.8, 4) is 0 Å². The van der Waals surface area contributed by atoms with Crippen LogP contribution in [0.1, 0.15) is 33.1 Å². The molecule has 0 spiro atoms. The average molecular weight is 196 g/mol. The Morgan fingerprint density at radius 2 is 2.21 bits per heavy atom. The van der Waals surface area contributed by atoms with E-state index in [0.29, 0.717) is 17.9 Å². The van der Waals surface area contributed by atoms with E-state index in [1.54, 1.807) is 0 Å². The summed E-state index contributed by atoms with van der Waals surface area (Å²) in [6.07, 6.45) is 3.42. The first-order valence-corrected chi connectivity index (χ1v) is 5.72. The lowest BCUT2D eigenvalue weighted by Crippen LogP contribution is -2.56. The molecule has 0 radical (unpaired) electrons. The molecule has 1 atom stereocenters. The van der Waals surface area contributed by atoms with E-state index in [1.165, 1.54) is 12.8 Å². The largest absolute Gasteiger partial charge is 0.337 e. The molecule has 1 unspecified atom stereocenters. The predicted molar refractivity (Wildman–Crippen MR) is 56.0 cm³/mol. The maximum absolute atomic E-state index is 12.0. The maximum Gasteiger partial charge on any atom is 0.240 e. The van der Waals surface area contributed by atoms with Crippen LogP contribution in [-0.4, -0.2) is 36.0 Å². The second kappa shape index (κ2) is 3.89. The number of carbonyl (C=O) groups is 1. The molecule has 80 valence electrons. The van der Waals surface area contributed by atoms with Gasteiger partial charge in [-0.05, 0) is 25.2 Å². The van der Waals surface area contributed by atoms with Gasteiger partial charge in [-0.15, -0.1) is 0 Å². The Kier molecular flexibility index (Phi) is 2.77. The molecule has 1 aliphatic carbocycles. The van der Waals surface area contributed by atoms with Gasteiger partial charge in [-0.3, -0.25) is 4.79 Å². The number of nitrogens with zero attached hydrogens (tertiary/aromatic N) is 1. The molecule has 2 fully saturated rings. The van der Waals surface area contributed by atoms with Gasteiger partial charge in [-0.2, -0.15) is 0 Å². The van der Waals surface area contributed by atoms with Crippen LogP contribution < -0.4 is 5.32 Å². The molecule has 3 nitrogen and oxygen atoms in total. The number of hydrogen-bond donors (Lipinski definition) is 1. The average Bonchev–Trinajstić information content (AvgIpc) is 2.91. The standard InChI is InChI=1S/C11H20N2O/c1-8(2)7-10-11(14)13(6-5-12-10)9-3-4-9/h8-10,12H,3-7H2,1-2H3. The van der Waals surface area contributed by atoms with Crippen molar-refractivity contribution in [3.05, 3.63) is 0 Å². The Morgan fingerprint density at radius 1 is 1.50 bits per heavy atom. The molecule has 1 saturated heterocycles. The lowest BCUT2D eigenvalue weighted by molar-refractivity contribution is -0.136. The summed E-state index contributed by atoms with van der Waals surface area (Å²) in [4.78, 5) is 14.1. The van der Waals surface area contributed by atoms with Gasteiger partial charge in [0.05, 0.1) is 6.04 Å². The maximum atomic E-state index is 12.0. The first-order valence-electron chi connectivity index (χ1n) is 5.72. The van der Waals surface area contributed by atoms with Gasteiger partial charge in [0.25, 0.3) is 0 Å². The van der Waals surface area contributed by atoms with E-state index >= 15 is 0 Å². The zero-order valence-electron chi connectivity index (χ0n) is 9.12. The summed E-state index contributed by atoms with van der Waals surface area (Å²) in [7, 11) is 0. The van der Waals surface area contributed by atoms with E-state index in [1.807, 2.05) is 0 Å². The zero-order chi connectivity index (χ0) is 10.1. The fraction of sp³-hybridized carbons (Fsp3) is 0.909. The molecule has 1 aliphatic heterocycles. The third-order valence-electron chi connectivity index (χ3n) is 3.02. The number of piperazine rings is 1. The summed E-state index contributed by atoms with van der Waals surface area (Å²) in [6.45, 7) is 6.23. The van der Waals surface area contributed by atoms with Crippen molar-refractivity contribution in [2.75, 3.05) is 13.1 Å². The van der Waals surface area contributed by atoms with Crippen molar-refractivity contribution in [3.63, 3.8) is 0 Å². The highest BCUT2D eigenvalue weighted by Gasteiger charge is 2.37. The Balaban J connectivity index is 1.93. The molecule has 0 aromatic rings. The Hall–Kier alpha value is -0.570. The lowest BCUT2D eigenvalue weighted by atomic mass is 10.0. The first kappa shape index (κ1) is 9.97. The van der Waals surface area contributed by atoms with Crippen LogP contribution in [0.2, 0.25) is 0 Å². The fourth-order valence-corrected chi connectivity index (χ4v) is 2.16. The van der Waals surface area contributed by atoms with Crippen LogP contribution in [0.25, 0.3) is 0 Å². The number of hydrogen-bond acceptors (Lipinski definition) is 2. The highest BCUT2D eigenvalue weighted by atomic mass is 16.2. The Morgan fingerprint density at radius 3 is 2.79 bits per heavy atom. The van der Waals surface area contributed by atoms with E-state index in [-0.39, 0.29) is 6.04 Å². The van der Waals surface area contributed by atoms with Crippen LogP contribution in [0.3, 0.4) is 0 Å². The molecule has 0 aromatic heterocycles. The summed E-state index contributed by atoms with van der Waals surface area (Å²) < 4.78 is 0. The highest BCUT2D eigenvalue weighted by Crippen LogP contribution is 2.28. The molecule has 1 amide bonds. The predicted octanol–water partition coefficient (Wildman–Crippen LogP) is 0.995. The van der Waals surface area contributed by atoms with Crippen LogP contribution in [0.5, 0.6) is 0 Å². The molecule has 1 heterocycles. The minimum absolute atomic E-state index is 0.0874. The third-order valence-corrected chi connectivity index (χ3v) is 3.02. The van der Waals surface area contributed by atoms with Gasteiger partial charge in [0, 0.05) is 19.1 Å². The van der Waals surface area contributed by atoms with Gasteiger partial charge in [0.15, 0.2) is 0 Å². The lowest BCUT2D eigenvalue weighted by Gasteiger charge is -2.34. The quantitative estimate of drug-likeness (QED) is 0.730. The summed E-state index contributed by atoms with van der Waals surface area (Å²) in [5, 5.41) is 3.32. The number of nitrogens with one attached hydrogen (secondary N) is 1. The molecule has 14 heavy (non-hydrogen) atoms. The number of carbonyl (C=O) groups excluding carboxylic acids is 1. The van der Waals surface area contributed by atoms with E-state index in [9.17, 15) is 4.79 Å². The molecular formula is C11H20N2O. The van der Waals surface area contributed by atoms with Gasteiger partial charge in [-0.1, -0.05) is 13.8 Å². The van der Waals surface area contributed by atoms with Gasteiger partial charge in [-0.25, -0.2) is 0 Å². The van der Waals surface area contributed by atoms with Gasteiger partial charge >= 0.3 is 0 Å². The molecule has 2 rings (SSSR count). The van der Waals surface area contributed by atoms with Crippen molar-refractivity contribution in [1.29, 1.82) is 0 Å². The summed E-state index contributed by atoms with van der Waals surface area (Å²) >= 11 is 0. The summed E-state index contributed by atoms with van der Waals surface area (Å²) in [5.41, 5.74) is 0. The van der Waals surface area contributed by atoms with Gasteiger partial charge in [0.2, 0.25) is 5.91 Å². The van der Waals surface area contributed by atoms with Crippen LogP contribution in [0.4, 0.5) is 0 Å². The number of amides is 1. The molecule has 2 aliphatic rings. The smallest absolute Gasteiger partial charge is 0.240 e. The molecule has 0 aromatic carbocycles. The molecule has 3 heteroatoms. The third kappa shape index (κ3) is 2.08. The second-order valence-corrected chi connectivity index (χ2v) is 4.90. The van der Waals surface area contributed by atoms with Gasteiger partial charge in [0.1, 0.15) is 0 Å². The number of rotatable bonds is 3. The van der Waals surface area contributed by atoms with E-state index in [4.69, 9.17) is 0 Å². The van der Waals surface area contributed by atoms with Crippen LogP contribution in [0, 0.1) is 5.92 Å². The summed E-state index contributed by atoms with van der Waals surface area (Å²) in [6, 6.07) is 0.670. The van der Waals surface area contributed by atoms with E-state index < -0.39 is 0 Å². The molecule has 1 N–H and O–H groups in total. The van der Waals surface area contributed by atoms with Crippen LogP contribution >= 0.6 is 0 Å². The molecular weight excluding hydrogens is 176 g/mol. The zero-order valence-corrected chi connectivity index (χ0v) is 9.12. The Bertz CT molecular complexity index is 223.